The SMILES string of the molecule is C1CC(Cn2c(C3CC3)nc3c2CCNC3)C1. The first-order valence-corrected chi connectivity index (χ1v) is 7.20. The molecule has 0 saturated heterocycles. The average molecular weight is 231 g/mol. The normalized spacial score (nSPS) is 24.5. The van der Waals surface area contributed by atoms with Gasteiger partial charge in [0.2, 0.25) is 0 Å². The molecule has 0 aromatic carbocycles. The van der Waals surface area contributed by atoms with Gasteiger partial charge in [-0.25, -0.2) is 4.98 Å². The van der Waals surface area contributed by atoms with E-state index >= 15 is 0 Å². The lowest BCUT2D eigenvalue weighted by atomic mass is 9.85. The predicted octanol–water partition coefficient (Wildman–Crippen LogP) is 2.21. The molecule has 1 aliphatic heterocycles. The second-order valence-corrected chi connectivity index (χ2v) is 5.97. The van der Waals surface area contributed by atoms with E-state index in [-0.39, 0.29) is 0 Å². The molecule has 2 heterocycles. The summed E-state index contributed by atoms with van der Waals surface area (Å²) in [5.41, 5.74) is 2.90. The van der Waals surface area contributed by atoms with Crippen LogP contribution in [0.4, 0.5) is 0 Å². The molecule has 2 aliphatic carbocycles. The Labute approximate surface area is 103 Å². The third-order valence-electron chi connectivity index (χ3n) is 4.62. The highest BCUT2D eigenvalue weighted by atomic mass is 15.1. The van der Waals surface area contributed by atoms with Gasteiger partial charge in [-0.15, -0.1) is 0 Å². The van der Waals surface area contributed by atoms with Crippen LogP contribution in [0.3, 0.4) is 0 Å². The first kappa shape index (κ1) is 10.1. The van der Waals surface area contributed by atoms with Gasteiger partial charge in [0.1, 0.15) is 5.82 Å². The predicted molar refractivity (Wildman–Crippen MR) is 67.0 cm³/mol. The summed E-state index contributed by atoms with van der Waals surface area (Å²) in [6.45, 7) is 3.38. The van der Waals surface area contributed by atoms with Crippen molar-refractivity contribution in [3.8, 4) is 0 Å². The zero-order valence-corrected chi connectivity index (χ0v) is 10.4. The Bertz CT molecular complexity index is 427. The van der Waals surface area contributed by atoms with E-state index < -0.39 is 0 Å². The molecule has 2 saturated carbocycles. The number of hydrogen-bond acceptors (Lipinski definition) is 2. The highest BCUT2D eigenvalue weighted by Gasteiger charge is 2.33. The number of aromatic nitrogens is 2. The van der Waals surface area contributed by atoms with Crippen molar-refractivity contribution in [3.63, 3.8) is 0 Å². The maximum Gasteiger partial charge on any atom is 0.112 e. The molecule has 17 heavy (non-hydrogen) atoms. The van der Waals surface area contributed by atoms with E-state index in [0.29, 0.717) is 0 Å². The van der Waals surface area contributed by atoms with Crippen LogP contribution in [-0.4, -0.2) is 16.1 Å². The smallest absolute Gasteiger partial charge is 0.112 e. The van der Waals surface area contributed by atoms with Gasteiger partial charge in [-0.1, -0.05) is 6.42 Å². The van der Waals surface area contributed by atoms with Gasteiger partial charge in [0, 0.05) is 37.7 Å². The van der Waals surface area contributed by atoms with Crippen molar-refractivity contribution in [2.75, 3.05) is 6.54 Å². The Kier molecular flexibility index (Phi) is 2.29. The first-order chi connectivity index (χ1) is 8.42. The molecule has 3 nitrogen and oxygen atoms in total. The monoisotopic (exact) mass is 231 g/mol. The molecule has 2 fully saturated rings. The summed E-state index contributed by atoms with van der Waals surface area (Å²) < 4.78 is 2.61. The fourth-order valence-corrected chi connectivity index (χ4v) is 3.18. The third kappa shape index (κ3) is 1.71. The molecule has 0 unspecified atom stereocenters. The quantitative estimate of drug-likeness (QED) is 0.864. The maximum atomic E-state index is 4.92. The molecule has 1 aromatic rings. The van der Waals surface area contributed by atoms with Crippen LogP contribution < -0.4 is 5.32 Å². The standard InChI is InChI=1S/C14H21N3/c1-2-10(3-1)9-17-13-6-7-15-8-12(13)16-14(17)11-4-5-11/h10-11,15H,1-9H2. The molecule has 0 radical (unpaired) electrons. The average Bonchev–Trinajstić information content (AvgIpc) is 3.06. The zero-order chi connectivity index (χ0) is 11.2. The summed E-state index contributed by atoms with van der Waals surface area (Å²) >= 11 is 0. The second-order valence-electron chi connectivity index (χ2n) is 5.97. The summed E-state index contributed by atoms with van der Waals surface area (Å²) in [6, 6.07) is 0. The van der Waals surface area contributed by atoms with E-state index in [4.69, 9.17) is 4.98 Å². The Morgan fingerprint density at radius 3 is 2.82 bits per heavy atom. The minimum Gasteiger partial charge on any atom is -0.331 e. The maximum absolute atomic E-state index is 4.92. The molecule has 4 rings (SSSR count). The topological polar surface area (TPSA) is 29.9 Å². The fourth-order valence-electron chi connectivity index (χ4n) is 3.18. The van der Waals surface area contributed by atoms with Crippen LogP contribution in [0.2, 0.25) is 0 Å². The fraction of sp³-hybridized carbons (Fsp3) is 0.786. The summed E-state index contributed by atoms with van der Waals surface area (Å²) in [5.74, 6) is 3.16. The van der Waals surface area contributed by atoms with Gasteiger partial charge in [-0.2, -0.15) is 0 Å². The van der Waals surface area contributed by atoms with Gasteiger partial charge >= 0.3 is 0 Å². The van der Waals surface area contributed by atoms with Crippen LogP contribution in [0.1, 0.15) is 55.2 Å². The van der Waals surface area contributed by atoms with Crippen LogP contribution in [-0.2, 0) is 19.5 Å². The minimum atomic E-state index is 0.792. The number of fused-ring (bicyclic) bond motifs is 1. The Hall–Kier alpha value is -0.830. The molecule has 0 atom stereocenters. The largest absolute Gasteiger partial charge is 0.331 e. The number of nitrogens with one attached hydrogen (secondary N) is 1. The molecule has 92 valence electrons. The molecular weight excluding hydrogens is 210 g/mol. The van der Waals surface area contributed by atoms with Crippen molar-refractivity contribution < 1.29 is 0 Å². The van der Waals surface area contributed by atoms with Crippen molar-refractivity contribution in [1.82, 2.24) is 14.9 Å². The van der Waals surface area contributed by atoms with Crippen LogP contribution in [0, 0.1) is 5.92 Å². The molecule has 3 aliphatic rings. The molecule has 1 aromatic heterocycles. The van der Waals surface area contributed by atoms with Gasteiger partial charge in [-0.3, -0.25) is 0 Å². The van der Waals surface area contributed by atoms with Crippen molar-refractivity contribution in [2.24, 2.45) is 5.92 Å². The molecule has 3 heteroatoms. The van der Waals surface area contributed by atoms with E-state index in [2.05, 4.69) is 9.88 Å². The molecular formula is C14H21N3. The first-order valence-electron chi connectivity index (χ1n) is 7.20. The lowest BCUT2D eigenvalue weighted by Gasteiger charge is -2.28. The van der Waals surface area contributed by atoms with E-state index in [1.165, 1.54) is 56.6 Å². The van der Waals surface area contributed by atoms with Gasteiger partial charge < -0.3 is 9.88 Å². The number of hydrogen-bond donors (Lipinski definition) is 1. The Morgan fingerprint density at radius 2 is 2.12 bits per heavy atom. The van der Waals surface area contributed by atoms with Crippen molar-refractivity contribution in [1.29, 1.82) is 0 Å². The van der Waals surface area contributed by atoms with Crippen LogP contribution in [0.5, 0.6) is 0 Å². The van der Waals surface area contributed by atoms with Crippen LogP contribution in [0.15, 0.2) is 0 Å². The van der Waals surface area contributed by atoms with E-state index in [1.54, 1.807) is 5.69 Å². The Balaban J connectivity index is 1.69. The van der Waals surface area contributed by atoms with Gasteiger partial charge in [-0.05, 0) is 31.6 Å². The zero-order valence-electron chi connectivity index (χ0n) is 10.4. The van der Waals surface area contributed by atoms with Crippen molar-refractivity contribution in [3.05, 3.63) is 17.2 Å². The van der Waals surface area contributed by atoms with Crippen LogP contribution >= 0.6 is 0 Å². The minimum absolute atomic E-state index is 0.792. The summed E-state index contributed by atoms with van der Waals surface area (Å²) in [5, 5.41) is 3.45. The van der Waals surface area contributed by atoms with E-state index in [9.17, 15) is 0 Å². The number of nitrogens with zero attached hydrogens (tertiary/aromatic N) is 2. The van der Waals surface area contributed by atoms with Crippen LogP contribution in [0.25, 0.3) is 0 Å². The van der Waals surface area contributed by atoms with Gasteiger partial charge in [0.15, 0.2) is 0 Å². The third-order valence-corrected chi connectivity index (χ3v) is 4.62. The highest BCUT2D eigenvalue weighted by molar-refractivity contribution is 5.24. The van der Waals surface area contributed by atoms with Gasteiger partial charge in [0.05, 0.1) is 5.69 Å². The summed E-state index contributed by atoms with van der Waals surface area (Å²) in [6.07, 6.45) is 8.25. The van der Waals surface area contributed by atoms with Crippen molar-refractivity contribution >= 4 is 0 Å². The highest BCUT2D eigenvalue weighted by Crippen LogP contribution is 2.41. The molecule has 0 spiro atoms. The lowest BCUT2D eigenvalue weighted by Crippen LogP contribution is -2.27. The molecule has 0 bridgehead atoms. The van der Waals surface area contributed by atoms with E-state index in [0.717, 1.165) is 24.9 Å². The summed E-state index contributed by atoms with van der Waals surface area (Å²) in [7, 11) is 0. The number of imidazole rings is 1. The lowest BCUT2D eigenvalue weighted by molar-refractivity contribution is 0.270. The molecule has 0 amide bonds. The second kappa shape index (κ2) is 3.84. The van der Waals surface area contributed by atoms with Crippen molar-refractivity contribution in [2.45, 2.75) is 57.5 Å². The molecule has 1 N–H and O–H groups in total. The van der Waals surface area contributed by atoms with Gasteiger partial charge in [0.25, 0.3) is 0 Å². The van der Waals surface area contributed by atoms with E-state index in [1.807, 2.05) is 0 Å². The Morgan fingerprint density at radius 1 is 1.24 bits per heavy atom. The number of rotatable bonds is 3. The summed E-state index contributed by atoms with van der Waals surface area (Å²) in [4.78, 5) is 4.92.